The van der Waals surface area contributed by atoms with E-state index in [0.29, 0.717) is 18.9 Å². The van der Waals surface area contributed by atoms with Gasteiger partial charge in [0, 0.05) is 19.8 Å². The van der Waals surface area contributed by atoms with Crippen LogP contribution in [0.4, 0.5) is 0 Å². The molecular weight excluding hydrogens is 154 g/mol. The Morgan fingerprint density at radius 3 is 2.83 bits per heavy atom. The van der Waals surface area contributed by atoms with Crippen molar-refractivity contribution in [2.24, 2.45) is 5.92 Å². The number of nitriles is 1. The topological polar surface area (TPSA) is 42.2 Å². The second-order valence-electron chi connectivity index (χ2n) is 3.04. The molecule has 0 aliphatic carbocycles. The van der Waals surface area contributed by atoms with Crippen LogP contribution < -0.4 is 0 Å². The van der Waals surface area contributed by atoms with Gasteiger partial charge in [-0.15, -0.1) is 0 Å². The summed E-state index contributed by atoms with van der Waals surface area (Å²) < 4.78 is 10.6. The van der Waals surface area contributed by atoms with Gasteiger partial charge in [0.05, 0.1) is 19.1 Å². The van der Waals surface area contributed by atoms with Gasteiger partial charge in [-0.25, -0.2) is 0 Å². The van der Waals surface area contributed by atoms with Crippen molar-refractivity contribution in [2.45, 2.75) is 19.3 Å². The molecule has 1 heterocycles. The Labute approximate surface area is 73.3 Å². The Kier molecular flexibility index (Phi) is 4.74. The number of hydrogen-bond donors (Lipinski definition) is 0. The molecule has 0 saturated carbocycles. The van der Waals surface area contributed by atoms with Crippen molar-refractivity contribution in [1.29, 1.82) is 5.26 Å². The van der Waals surface area contributed by atoms with E-state index in [2.05, 4.69) is 6.07 Å². The summed E-state index contributed by atoms with van der Waals surface area (Å²) in [6, 6.07) is 2.06. The van der Waals surface area contributed by atoms with Crippen molar-refractivity contribution < 1.29 is 9.47 Å². The van der Waals surface area contributed by atoms with Crippen LogP contribution in [0.15, 0.2) is 0 Å². The van der Waals surface area contributed by atoms with Crippen LogP contribution in [0, 0.1) is 17.2 Å². The Morgan fingerprint density at radius 2 is 2.17 bits per heavy atom. The summed E-state index contributed by atoms with van der Waals surface area (Å²) >= 11 is 0. The van der Waals surface area contributed by atoms with Gasteiger partial charge in [-0.05, 0) is 18.8 Å². The van der Waals surface area contributed by atoms with Crippen LogP contribution in [0.1, 0.15) is 19.3 Å². The lowest BCUT2D eigenvalue weighted by Gasteiger charge is -2.21. The van der Waals surface area contributed by atoms with Gasteiger partial charge in [0.2, 0.25) is 0 Å². The predicted octanol–water partition coefficient (Wildman–Crippen LogP) is 1.34. The molecule has 0 aromatic heterocycles. The number of rotatable bonds is 4. The van der Waals surface area contributed by atoms with Crippen molar-refractivity contribution in [3.8, 4) is 6.07 Å². The Morgan fingerprint density at radius 1 is 1.42 bits per heavy atom. The van der Waals surface area contributed by atoms with Crippen molar-refractivity contribution >= 4 is 0 Å². The molecule has 0 aromatic rings. The summed E-state index contributed by atoms with van der Waals surface area (Å²) in [4.78, 5) is 0. The maximum absolute atomic E-state index is 8.25. The molecule has 0 atom stereocenters. The zero-order chi connectivity index (χ0) is 8.65. The molecule has 1 saturated heterocycles. The lowest BCUT2D eigenvalue weighted by atomic mass is 10.0. The summed E-state index contributed by atoms with van der Waals surface area (Å²) in [7, 11) is 0. The van der Waals surface area contributed by atoms with Gasteiger partial charge >= 0.3 is 0 Å². The largest absolute Gasteiger partial charge is 0.381 e. The van der Waals surface area contributed by atoms with Crippen molar-refractivity contribution in [2.75, 3.05) is 26.4 Å². The summed E-state index contributed by atoms with van der Waals surface area (Å²) in [5.74, 6) is 0.650. The standard InChI is InChI=1S/C9H15NO2/c10-4-1-5-12-8-9-2-6-11-7-3-9/h9H,1-3,5-8H2. The predicted molar refractivity (Wildman–Crippen MR) is 44.6 cm³/mol. The molecule has 0 unspecified atom stereocenters. The number of nitrogens with zero attached hydrogens (tertiary/aromatic N) is 1. The third kappa shape index (κ3) is 3.70. The van der Waals surface area contributed by atoms with Gasteiger partial charge in [0.15, 0.2) is 0 Å². The fourth-order valence-corrected chi connectivity index (χ4v) is 1.28. The first kappa shape index (κ1) is 9.50. The molecular formula is C9H15NO2. The lowest BCUT2D eigenvalue weighted by molar-refractivity contribution is 0.0220. The molecule has 0 radical (unpaired) electrons. The van der Waals surface area contributed by atoms with Crippen LogP contribution in [-0.2, 0) is 9.47 Å². The second kappa shape index (κ2) is 5.99. The highest BCUT2D eigenvalue weighted by molar-refractivity contribution is 4.68. The van der Waals surface area contributed by atoms with Gasteiger partial charge in [-0.2, -0.15) is 5.26 Å². The van der Waals surface area contributed by atoms with Gasteiger partial charge in [-0.1, -0.05) is 0 Å². The van der Waals surface area contributed by atoms with E-state index in [1.807, 2.05) is 0 Å². The Bertz CT molecular complexity index is 147. The van der Waals surface area contributed by atoms with Gasteiger partial charge in [0.25, 0.3) is 0 Å². The summed E-state index contributed by atoms with van der Waals surface area (Å²) in [5.41, 5.74) is 0. The lowest BCUT2D eigenvalue weighted by Crippen LogP contribution is -2.20. The molecule has 1 aliphatic rings. The molecule has 3 nitrogen and oxygen atoms in total. The molecule has 0 amide bonds. The molecule has 12 heavy (non-hydrogen) atoms. The van der Waals surface area contributed by atoms with E-state index < -0.39 is 0 Å². The van der Waals surface area contributed by atoms with Crippen LogP contribution in [0.3, 0.4) is 0 Å². The van der Waals surface area contributed by atoms with Crippen LogP contribution in [0.5, 0.6) is 0 Å². The molecule has 1 aliphatic heterocycles. The van der Waals surface area contributed by atoms with E-state index in [-0.39, 0.29) is 0 Å². The maximum atomic E-state index is 8.25. The fourth-order valence-electron chi connectivity index (χ4n) is 1.28. The molecule has 68 valence electrons. The van der Waals surface area contributed by atoms with Crippen molar-refractivity contribution in [1.82, 2.24) is 0 Å². The molecule has 3 heteroatoms. The highest BCUT2D eigenvalue weighted by atomic mass is 16.5. The minimum Gasteiger partial charge on any atom is -0.381 e. The third-order valence-electron chi connectivity index (χ3n) is 2.05. The molecule has 0 spiro atoms. The minimum atomic E-state index is 0.503. The van der Waals surface area contributed by atoms with Gasteiger partial charge in [-0.3, -0.25) is 0 Å². The highest BCUT2D eigenvalue weighted by Gasteiger charge is 2.13. The minimum absolute atomic E-state index is 0.503. The maximum Gasteiger partial charge on any atom is 0.0645 e. The van der Waals surface area contributed by atoms with Crippen LogP contribution in [-0.4, -0.2) is 26.4 Å². The van der Waals surface area contributed by atoms with Gasteiger partial charge in [0.1, 0.15) is 0 Å². The molecule has 0 N–H and O–H groups in total. The van der Waals surface area contributed by atoms with E-state index in [9.17, 15) is 0 Å². The molecule has 1 rings (SSSR count). The average molecular weight is 169 g/mol. The quantitative estimate of drug-likeness (QED) is 0.596. The van der Waals surface area contributed by atoms with E-state index in [1.165, 1.54) is 0 Å². The first-order valence-electron chi connectivity index (χ1n) is 4.46. The molecule has 0 bridgehead atoms. The third-order valence-corrected chi connectivity index (χ3v) is 2.05. The van der Waals surface area contributed by atoms with Gasteiger partial charge < -0.3 is 9.47 Å². The Balaban J connectivity index is 1.95. The fraction of sp³-hybridized carbons (Fsp3) is 0.889. The van der Waals surface area contributed by atoms with E-state index in [0.717, 1.165) is 32.7 Å². The summed E-state index contributed by atoms with van der Waals surface area (Å²) in [5, 5.41) is 8.25. The number of ether oxygens (including phenoxy) is 2. The first-order valence-corrected chi connectivity index (χ1v) is 4.46. The summed E-state index contributed by atoms with van der Waals surface area (Å²) in [6.07, 6.45) is 2.71. The SMILES string of the molecule is N#CCCOCC1CCOCC1. The zero-order valence-electron chi connectivity index (χ0n) is 7.29. The van der Waals surface area contributed by atoms with Crippen LogP contribution in [0.2, 0.25) is 0 Å². The second-order valence-corrected chi connectivity index (χ2v) is 3.04. The van der Waals surface area contributed by atoms with E-state index in [1.54, 1.807) is 0 Å². The Hall–Kier alpha value is -0.590. The van der Waals surface area contributed by atoms with Crippen LogP contribution >= 0.6 is 0 Å². The molecule has 1 fully saturated rings. The first-order chi connectivity index (χ1) is 5.93. The molecule has 0 aromatic carbocycles. The van der Waals surface area contributed by atoms with Crippen molar-refractivity contribution in [3.05, 3.63) is 0 Å². The summed E-state index contributed by atoms with van der Waals surface area (Å²) in [6.45, 7) is 3.11. The van der Waals surface area contributed by atoms with Crippen molar-refractivity contribution in [3.63, 3.8) is 0 Å². The van der Waals surface area contributed by atoms with Crippen LogP contribution in [0.25, 0.3) is 0 Å². The zero-order valence-corrected chi connectivity index (χ0v) is 7.29. The number of hydrogen-bond acceptors (Lipinski definition) is 3. The highest BCUT2D eigenvalue weighted by Crippen LogP contribution is 2.14. The monoisotopic (exact) mass is 169 g/mol. The smallest absolute Gasteiger partial charge is 0.0645 e. The van der Waals surface area contributed by atoms with E-state index >= 15 is 0 Å². The van der Waals surface area contributed by atoms with E-state index in [4.69, 9.17) is 14.7 Å². The normalized spacial score (nSPS) is 18.9. The average Bonchev–Trinajstić information content (AvgIpc) is 2.14.